The summed E-state index contributed by atoms with van der Waals surface area (Å²) >= 11 is 0. The fourth-order valence-corrected chi connectivity index (χ4v) is 3.21. The second-order valence-corrected chi connectivity index (χ2v) is 6.22. The predicted octanol–water partition coefficient (Wildman–Crippen LogP) is 3.27. The average Bonchev–Trinajstić information content (AvgIpc) is 2.97. The first-order chi connectivity index (χ1) is 12.0. The van der Waals surface area contributed by atoms with Gasteiger partial charge in [-0.3, -0.25) is 9.59 Å². The largest absolute Gasteiger partial charge is 0.493 e. The van der Waals surface area contributed by atoms with Gasteiger partial charge in [-0.15, -0.1) is 0 Å². The van der Waals surface area contributed by atoms with Crippen molar-refractivity contribution >= 4 is 17.6 Å². The summed E-state index contributed by atoms with van der Waals surface area (Å²) in [6.45, 7) is 4.27. The van der Waals surface area contributed by atoms with Crippen molar-refractivity contribution in [2.45, 2.75) is 20.3 Å². The number of hydrogen-bond donors (Lipinski definition) is 0. The molecule has 2 aromatic carbocycles. The molecule has 1 amide bonds. The molecule has 5 nitrogen and oxygen atoms in total. The Morgan fingerprint density at radius 1 is 1.04 bits per heavy atom. The lowest BCUT2D eigenvalue weighted by Crippen LogP contribution is -2.28. The fraction of sp³-hybridized carbons (Fsp3) is 0.300. The van der Waals surface area contributed by atoms with Crippen LogP contribution in [0.1, 0.15) is 17.5 Å². The van der Waals surface area contributed by atoms with Crippen LogP contribution in [0.2, 0.25) is 0 Å². The SMILES string of the molecule is COc1ccccc1OC(=O)[C@@H]1CC(=O)N(c2c(C)cccc2C)C1. The lowest BCUT2D eigenvalue weighted by Gasteiger charge is -2.21. The molecule has 0 aromatic heterocycles. The van der Waals surface area contributed by atoms with Crippen LogP contribution < -0.4 is 14.4 Å². The van der Waals surface area contributed by atoms with E-state index in [9.17, 15) is 9.59 Å². The number of para-hydroxylation sites is 3. The molecule has 1 saturated heterocycles. The zero-order chi connectivity index (χ0) is 18.0. The molecule has 0 saturated carbocycles. The summed E-state index contributed by atoms with van der Waals surface area (Å²) in [6.07, 6.45) is 0.155. The van der Waals surface area contributed by atoms with Gasteiger partial charge in [-0.05, 0) is 37.1 Å². The minimum Gasteiger partial charge on any atom is -0.493 e. The van der Waals surface area contributed by atoms with E-state index < -0.39 is 11.9 Å². The second-order valence-electron chi connectivity index (χ2n) is 6.22. The van der Waals surface area contributed by atoms with E-state index in [0.29, 0.717) is 18.0 Å². The van der Waals surface area contributed by atoms with Crippen molar-refractivity contribution in [2.75, 3.05) is 18.6 Å². The van der Waals surface area contributed by atoms with Gasteiger partial charge in [0, 0.05) is 18.7 Å². The summed E-state index contributed by atoms with van der Waals surface area (Å²) in [5, 5.41) is 0. The third-order valence-electron chi connectivity index (χ3n) is 4.45. The highest BCUT2D eigenvalue weighted by molar-refractivity contribution is 6.00. The maximum absolute atomic E-state index is 12.5. The smallest absolute Gasteiger partial charge is 0.316 e. The molecule has 1 atom stereocenters. The number of methoxy groups -OCH3 is 1. The van der Waals surface area contributed by atoms with Crippen molar-refractivity contribution in [3.63, 3.8) is 0 Å². The van der Waals surface area contributed by atoms with Gasteiger partial charge in [-0.2, -0.15) is 0 Å². The van der Waals surface area contributed by atoms with Crippen molar-refractivity contribution in [1.82, 2.24) is 0 Å². The molecule has 5 heteroatoms. The fourth-order valence-electron chi connectivity index (χ4n) is 3.21. The van der Waals surface area contributed by atoms with E-state index in [1.807, 2.05) is 32.0 Å². The molecule has 3 rings (SSSR count). The van der Waals surface area contributed by atoms with Gasteiger partial charge in [0.2, 0.25) is 5.91 Å². The number of carbonyl (C=O) groups is 2. The normalized spacial score (nSPS) is 16.8. The molecular weight excluding hydrogens is 318 g/mol. The molecule has 0 spiro atoms. The van der Waals surface area contributed by atoms with Gasteiger partial charge in [0.25, 0.3) is 0 Å². The summed E-state index contributed by atoms with van der Waals surface area (Å²) in [6, 6.07) is 12.9. The van der Waals surface area contributed by atoms with Crippen molar-refractivity contribution < 1.29 is 19.1 Å². The van der Waals surface area contributed by atoms with E-state index in [4.69, 9.17) is 9.47 Å². The molecule has 0 N–H and O–H groups in total. The third kappa shape index (κ3) is 3.36. The summed E-state index contributed by atoms with van der Waals surface area (Å²) in [5.74, 6) is -0.0952. The molecule has 0 radical (unpaired) electrons. The highest BCUT2D eigenvalue weighted by atomic mass is 16.6. The minimum absolute atomic E-state index is 0.0561. The lowest BCUT2D eigenvalue weighted by molar-refractivity contribution is -0.139. The first-order valence-electron chi connectivity index (χ1n) is 8.22. The Balaban J connectivity index is 1.77. The van der Waals surface area contributed by atoms with E-state index in [1.54, 1.807) is 29.2 Å². The zero-order valence-corrected chi connectivity index (χ0v) is 14.6. The van der Waals surface area contributed by atoms with E-state index in [-0.39, 0.29) is 12.3 Å². The third-order valence-corrected chi connectivity index (χ3v) is 4.45. The zero-order valence-electron chi connectivity index (χ0n) is 14.6. The van der Waals surface area contributed by atoms with Gasteiger partial charge in [-0.1, -0.05) is 30.3 Å². The molecule has 0 unspecified atom stereocenters. The molecule has 0 bridgehead atoms. The predicted molar refractivity (Wildman–Crippen MR) is 95.0 cm³/mol. The second kappa shape index (κ2) is 6.97. The molecule has 2 aromatic rings. The number of hydrogen-bond acceptors (Lipinski definition) is 4. The summed E-state index contributed by atoms with van der Waals surface area (Å²) in [7, 11) is 1.52. The Morgan fingerprint density at radius 2 is 1.68 bits per heavy atom. The van der Waals surface area contributed by atoms with E-state index in [1.165, 1.54) is 7.11 Å². The van der Waals surface area contributed by atoms with Crippen LogP contribution in [-0.4, -0.2) is 25.5 Å². The van der Waals surface area contributed by atoms with Crippen LogP contribution >= 0.6 is 0 Å². The molecule has 130 valence electrons. The highest BCUT2D eigenvalue weighted by Crippen LogP contribution is 2.32. The monoisotopic (exact) mass is 339 g/mol. The Bertz CT molecular complexity index is 795. The standard InChI is InChI=1S/C20H21NO4/c1-13-7-6-8-14(2)19(13)21-12-15(11-18(21)22)20(23)25-17-10-5-4-9-16(17)24-3/h4-10,15H,11-12H2,1-3H3/t15-/m1/s1. The number of anilines is 1. The molecular formula is C20H21NO4. The van der Waals surface area contributed by atoms with Crippen LogP contribution in [0.25, 0.3) is 0 Å². The number of amides is 1. The van der Waals surface area contributed by atoms with Crippen LogP contribution in [-0.2, 0) is 9.59 Å². The van der Waals surface area contributed by atoms with Gasteiger partial charge in [0.05, 0.1) is 13.0 Å². The molecule has 25 heavy (non-hydrogen) atoms. The van der Waals surface area contributed by atoms with Crippen LogP contribution in [0, 0.1) is 19.8 Å². The molecule has 1 aliphatic heterocycles. The quantitative estimate of drug-likeness (QED) is 0.634. The number of nitrogens with zero attached hydrogens (tertiary/aromatic N) is 1. The van der Waals surface area contributed by atoms with Crippen molar-refractivity contribution in [3.05, 3.63) is 53.6 Å². The number of rotatable bonds is 4. The average molecular weight is 339 g/mol. The topological polar surface area (TPSA) is 55.8 Å². The van der Waals surface area contributed by atoms with Crippen LogP contribution in [0.15, 0.2) is 42.5 Å². The van der Waals surface area contributed by atoms with Gasteiger partial charge in [-0.25, -0.2) is 0 Å². The van der Waals surface area contributed by atoms with Gasteiger partial charge >= 0.3 is 5.97 Å². The first-order valence-corrected chi connectivity index (χ1v) is 8.22. The number of esters is 1. The Kier molecular flexibility index (Phi) is 4.74. The number of aryl methyl sites for hydroxylation is 2. The summed E-state index contributed by atoms with van der Waals surface area (Å²) in [4.78, 5) is 26.7. The summed E-state index contributed by atoms with van der Waals surface area (Å²) in [5.41, 5.74) is 2.93. The Hall–Kier alpha value is -2.82. The molecule has 1 heterocycles. The van der Waals surface area contributed by atoms with Gasteiger partial charge < -0.3 is 14.4 Å². The molecule has 1 aliphatic rings. The van der Waals surface area contributed by atoms with Crippen LogP contribution in [0.4, 0.5) is 5.69 Å². The minimum atomic E-state index is -0.489. The van der Waals surface area contributed by atoms with Crippen molar-refractivity contribution in [1.29, 1.82) is 0 Å². The first kappa shape index (κ1) is 17.0. The maximum Gasteiger partial charge on any atom is 0.316 e. The number of ether oxygens (including phenoxy) is 2. The van der Waals surface area contributed by atoms with Crippen LogP contribution in [0.3, 0.4) is 0 Å². The molecule has 1 fully saturated rings. The Morgan fingerprint density at radius 3 is 2.32 bits per heavy atom. The number of carbonyl (C=O) groups excluding carboxylic acids is 2. The highest BCUT2D eigenvalue weighted by Gasteiger charge is 2.37. The van der Waals surface area contributed by atoms with Crippen LogP contribution in [0.5, 0.6) is 11.5 Å². The summed E-state index contributed by atoms with van der Waals surface area (Å²) < 4.78 is 10.7. The number of benzene rings is 2. The van der Waals surface area contributed by atoms with E-state index in [0.717, 1.165) is 16.8 Å². The molecule has 0 aliphatic carbocycles. The van der Waals surface area contributed by atoms with Crippen molar-refractivity contribution in [3.8, 4) is 11.5 Å². The Labute approximate surface area is 147 Å². The van der Waals surface area contributed by atoms with Crippen molar-refractivity contribution in [2.24, 2.45) is 5.92 Å². The van der Waals surface area contributed by atoms with E-state index in [2.05, 4.69) is 0 Å². The maximum atomic E-state index is 12.5. The van der Waals surface area contributed by atoms with Gasteiger partial charge in [0.1, 0.15) is 0 Å². The van der Waals surface area contributed by atoms with Gasteiger partial charge in [0.15, 0.2) is 11.5 Å². The lowest BCUT2D eigenvalue weighted by atomic mass is 10.1. The van der Waals surface area contributed by atoms with E-state index >= 15 is 0 Å².